The molecule has 0 bridgehead atoms. The van der Waals surface area contributed by atoms with Gasteiger partial charge in [-0.3, -0.25) is 9.59 Å². The molecule has 0 aliphatic carbocycles. The third-order valence-corrected chi connectivity index (χ3v) is 4.16. The fraction of sp³-hybridized carbons (Fsp3) is 0.667. The number of nitrogens with zero attached hydrogens (tertiary/aromatic N) is 1. The van der Waals surface area contributed by atoms with E-state index < -0.39 is 0 Å². The van der Waals surface area contributed by atoms with Crippen LogP contribution >= 0.6 is 0 Å². The molecule has 1 fully saturated rings. The summed E-state index contributed by atoms with van der Waals surface area (Å²) >= 11 is 0. The second-order valence-electron chi connectivity index (χ2n) is 6.68. The number of carbonyl (C=O) groups is 2. The second-order valence-corrected chi connectivity index (χ2v) is 6.68. The lowest BCUT2D eigenvalue weighted by Crippen LogP contribution is -2.40. The van der Waals surface area contributed by atoms with Crippen molar-refractivity contribution in [2.75, 3.05) is 26.2 Å². The molecular weight excluding hydrogens is 308 g/mol. The van der Waals surface area contributed by atoms with Crippen molar-refractivity contribution in [3.8, 4) is 0 Å². The zero-order chi connectivity index (χ0) is 17.4. The lowest BCUT2D eigenvalue weighted by atomic mass is 10.1. The molecule has 24 heavy (non-hydrogen) atoms. The van der Waals surface area contributed by atoms with Crippen molar-refractivity contribution in [3.63, 3.8) is 0 Å². The smallest absolute Gasteiger partial charge is 0.257 e. The summed E-state index contributed by atoms with van der Waals surface area (Å²) in [7, 11) is 0. The maximum Gasteiger partial charge on any atom is 0.257 e. The van der Waals surface area contributed by atoms with E-state index in [0.717, 1.165) is 25.9 Å². The number of hydrogen-bond donors (Lipinski definition) is 1. The van der Waals surface area contributed by atoms with Crippen molar-refractivity contribution >= 4 is 11.8 Å². The van der Waals surface area contributed by atoms with Gasteiger partial charge in [0.05, 0.1) is 17.9 Å². The van der Waals surface area contributed by atoms with E-state index in [1.807, 2.05) is 0 Å². The second kappa shape index (κ2) is 9.47. The molecule has 0 saturated carbocycles. The molecule has 6 nitrogen and oxygen atoms in total. The van der Waals surface area contributed by atoms with Crippen LogP contribution in [0.15, 0.2) is 23.0 Å². The quantitative estimate of drug-likeness (QED) is 0.752. The SMILES string of the molecule is CC(C)CCNC(=O)CCN(CC1CCCO1)C(=O)c1ccoc1. The molecule has 1 saturated heterocycles. The predicted molar refractivity (Wildman–Crippen MR) is 90.7 cm³/mol. The molecule has 2 rings (SSSR count). The van der Waals surface area contributed by atoms with Gasteiger partial charge in [-0.2, -0.15) is 0 Å². The summed E-state index contributed by atoms with van der Waals surface area (Å²) in [4.78, 5) is 26.3. The van der Waals surface area contributed by atoms with Gasteiger partial charge in [0.25, 0.3) is 5.91 Å². The van der Waals surface area contributed by atoms with Gasteiger partial charge in [-0.15, -0.1) is 0 Å². The third-order valence-electron chi connectivity index (χ3n) is 4.16. The normalized spacial score (nSPS) is 17.2. The van der Waals surface area contributed by atoms with E-state index in [0.29, 0.717) is 37.5 Å². The zero-order valence-corrected chi connectivity index (χ0v) is 14.6. The number of ether oxygens (including phenoxy) is 1. The van der Waals surface area contributed by atoms with Crippen LogP contribution in [-0.4, -0.2) is 49.1 Å². The van der Waals surface area contributed by atoms with E-state index in [4.69, 9.17) is 9.15 Å². The summed E-state index contributed by atoms with van der Waals surface area (Å²) in [6.07, 6.45) is 6.21. The van der Waals surface area contributed by atoms with E-state index >= 15 is 0 Å². The number of amides is 2. The van der Waals surface area contributed by atoms with Crippen LogP contribution in [0.5, 0.6) is 0 Å². The highest BCUT2D eigenvalue weighted by molar-refractivity contribution is 5.94. The molecule has 6 heteroatoms. The molecule has 0 spiro atoms. The van der Waals surface area contributed by atoms with E-state index in [1.165, 1.54) is 12.5 Å². The summed E-state index contributed by atoms with van der Waals surface area (Å²) in [5.74, 6) is 0.422. The first-order valence-electron chi connectivity index (χ1n) is 8.76. The number of carbonyl (C=O) groups excluding carboxylic acids is 2. The average molecular weight is 336 g/mol. The Morgan fingerprint density at radius 1 is 1.42 bits per heavy atom. The van der Waals surface area contributed by atoms with Crippen LogP contribution in [0.2, 0.25) is 0 Å². The number of hydrogen-bond acceptors (Lipinski definition) is 4. The fourth-order valence-electron chi connectivity index (χ4n) is 2.70. The van der Waals surface area contributed by atoms with Crippen LogP contribution in [0.3, 0.4) is 0 Å². The Kier molecular flexibility index (Phi) is 7.31. The largest absolute Gasteiger partial charge is 0.472 e. The van der Waals surface area contributed by atoms with Gasteiger partial charge in [-0.25, -0.2) is 0 Å². The first-order valence-corrected chi connectivity index (χ1v) is 8.76. The molecule has 1 aromatic heterocycles. The summed E-state index contributed by atoms with van der Waals surface area (Å²) in [5.41, 5.74) is 0.508. The Balaban J connectivity index is 1.85. The predicted octanol–water partition coefficient (Wildman–Crippen LogP) is 2.45. The molecule has 2 amide bonds. The maximum atomic E-state index is 12.6. The topological polar surface area (TPSA) is 71.8 Å². The zero-order valence-electron chi connectivity index (χ0n) is 14.6. The van der Waals surface area contributed by atoms with E-state index in [1.54, 1.807) is 11.0 Å². The Hall–Kier alpha value is -1.82. The van der Waals surface area contributed by atoms with Gasteiger partial charge in [0.15, 0.2) is 0 Å². The van der Waals surface area contributed by atoms with E-state index in [2.05, 4.69) is 19.2 Å². The van der Waals surface area contributed by atoms with Crippen molar-refractivity contribution in [3.05, 3.63) is 24.2 Å². The minimum Gasteiger partial charge on any atom is -0.472 e. The molecule has 2 heterocycles. The van der Waals surface area contributed by atoms with Gasteiger partial charge >= 0.3 is 0 Å². The fourth-order valence-corrected chi connectivity index (χ4v) is 2.70. The molecule has 1 unspecified atom stereocenters. The van der Waals surface area contributed by atoms with Crippen LogP contribution in [0.25, 0.3) is 0 Å². The molecule has 0 radical (unpaired) electrons. The highest BCUT2D eigenvalue weighted by atomic mass is 16.5. The van der Waals surface area contributed by atoms with Crippen molar-refractivity contribution in [1.29, 1.82) is 0 Å². The lowest BCUT2D eigenvalue weighted by molar-refractivity contribution is -0.121. The first-order chi connectivity index (χ1) is 11.6. The van der Waals surface area contributed by atoms with E-state index in [9.17, 15) is 9.59 Å². The first kappa shape index (κ1) is 18.5. The number of nitrogens with one attached hydrogen (secondary N) is 1. The van der Waals surface area contributed by atoms with Gasteiger partial charge < -0.3 is 19.4 Å². The molecule has 1 atom stereocenters. The van der Waals surface area contributed by atoms with Crippen molar-refractivity contribution in [1.82, 2.24) is 10.2 Å². The molecular formula is C18H28N2O4. The Labute approximate surface area is 143 Å². The van der Waals surface area contributed by atoms with Crippen LogP contribution in [0.1, 0.15) is 49.9 Å². The van der Waals surface area contributed by atoms with Crippen molar-refractivity contribution in [2.24, 2.45) is 5.92 Å². The van der Waals surface area contributed by atoms with Crippen LogP contribution in [-0.2, 0) is 9.53 Å². The summed E-state index contributed by atoms with van der Waals surface area (Å²) in [6, 6.07) is 1.65. The molecule has 134 valence electrons. The lowest BCUT2D eigenvalue weighted by Gasteiger charge is -2.25. The van der Waals surface area contributed by atoms with Crippen LogP contribution < -0.4 is 5.32 Å². The summed E-state index contributed by atoms with van der Waals surface area (Å²) in [6.45, 7) is 6.57. The average Bonchev–Trinajstić information content (AvgIpc) is 3.23. The van der Waals surface area contributed by atoms with Gasteiger partial charge in [0, 0.05) is 32.7 Å². The minimum absolute atomic E-state index is 0.0204. The van der Waals surface area contributed by atoms with Crippen LogP contribution in [0.4, 0.5) is 0 Å². The minimum atomic E-state index is -0.116. The van der Waals surface area contributed by atoms with Crippen molar-refractivity contribution < 1.29 is 18.7 Å². The van der Waals surface area contributed by atoms with Gasteiger partial charge in [-0.1, -0.05) is 13.8 Å². The van der Waals surface area contributed by atoms with Gasteiger partial charge in [0.1, 0.15) is 6.26 Å². The van der Waals surface area contributed by atoms with Crippen LogP contribution in [0, 0.1) is 5.92 Å². The monoisotopic (exact) mass is 336 g/mol. The number of rotatable bonds is 9. The van der Waals surface area contributed by atoms with Gasteiger partial charge in [0.2, 0.25) is 5.91 Å². The summed E-state index contributed by atoms with van der Waals surface area (Å²) in [5, 5.41) is 2.91. The third kappa shape index (κ3) is 6.00. The Morgan fingerprint density at radius 2 is 2.25 bits per heavy atom. The molecule has 0 aromatic carbocycles. The highest BCUT2D eigenvalue weighted by Gasteiger charge is 2.24. The molecule has 1 N–H and O–H groups in total. The highest BCUT2D eigenvalue weighted by Crippen LogP contribution is 2.15. The van der Waals surface area contributed by atoms with Gasteiger partial charge in [-0.05, 0) is 31.2 Å². The molecule has 1 aromatic rings. The summed E-state index contributed by atoms with van der Waals surface area (Å²) < 4.78 is 10.6. The molecule has 1 aliphatic heterocycles. The maximum absolute atomic E-state index is 12.6. The Morgan fingerprint density at radius 3 is 2.88 bits per heavy atom. The van der Waals surface area contributed by atoms with Crippen molar-refractivity contribution in [2.45, 2.75) is 45.6 Å². The Bertz CT molecular complexity index is 507. The number of furan rings is 1. The molecule has 1 aliphatic rings. The standard InChI is InChI=1S/C18H28N2O4/c1-14(2)5-8-19-17(21)6-9-20(12-16-4-3-10-24-16)18(22)15-7-11-23-13-15/h7,11,13-14,16H,3-6,8-10,12H2,1-2H3,(H,19,21). The van der Waals surface area contributed by atoms with E-state index in [-0.39, 0.29) is 17.9 Å².